The number of aromatic nitrogens is 1. The van der Waals surface area contributed by atoms with Gasteiger partial charge >= 0.3 is 0 Å². The van der Waals surface area contributed by atoms with E-state index in [2.05, 4.69) is 34.6 Å². The second-order valence-electron chi connectivity index (χ2n) is 5.14. The Hall–Kier alpha value is -2.20. The zero-order chi connectivity index (χ0) is 13.9. The summed E-state index contributed by atoms with van der Waals surface area (Å²) in [4.78, 5) is 15.3. The summed E-state index contributed by atoms with van der Waals surface area (Å²) in [6.07, 6.45) is 4.43. The third kappa shape index (κ3) is 2.56. The van der Waals surface area contributed by atoms with E-state index in [1.54, 1.807) is 12.3 Å². The van der Waals surface area contributed by atoms with Gasteiger partial charge in [0.1, 0.15) is 0 Å². The summed E-state index contributed by atoms with van der Waals surface area (Å²) in [6, 6.07) is 10.3. The van der Waals surface area contributed by atoms with Gasteiger partial charge in [-0.1, -0.05) is 24.3 Å². The van der Waals surface area contributed by atoms with Gasteiger partial charge in [-0.25, -0.2) is 0 Å². The molecule has 2 aromatic rings. The van der Waals surface area contributed by atoms with Crippen molar-refractivity contribution in [3.63, 3.8) is 0 Å². The monoisotopic (exact) mass is 267 g/mol. The van der Waals surface area contributed by atoms with E-state index >= 15 is 0 Å². The second kappa shape index (κ2) is 5.43. The standard InChI is InChI=1S/C16H17N3O/c17-16(20)15-7-14(9-19-10-15)12-3-1-11(2-4-12)13-5-6-18-8-13/h1-4,7,9-10,13,18H,5-6,8H2,(H2,17,20). The highest BCUT2D eigenvalue weighted by atomic mass is 16.1. The molecule has 0 saturated carbocycles. The lowest BCUT2D eigenvalue weighted by molar-refractivity contribution is 0.1000. The first kappa shape index (κ1) is 12.8. The zero-order valence-electron chi connectivity index (χ0n) is 11.2. The van der Waals surface area contributed by atoms with Crippen LogP contribution in [0.3, 0.4) is 0 Å². The number of amides is 1. The number of hydrogen-bond donors (Lipinski definition) is 2. The second-order valence-corrected chi connectivity index (χ2v) is 5.14. The molecule has 0 bridgehead atoms. The molecule has 4 nitrogen and oxygen atoms in total. The smallest absolute Gasteiger partial charge is 0.250 e. The Morgan fingerprint density at radius 3 is 2.65 bits per heavy atom. The molecular formula is C16H17N3O. The molecule has 102 valence electrons. The minimum Gasteiger partial charge on any atom is -0.366 e. The number of rotatable bonds is 3. The predicted octanol–water partition coefficient (Wildman–Crippen LogP) is 1.92. The lowest BCUT2D eigenvalue weighted by atomic mass is 9.96. The fourth-order valence-corrected chi connectivity index (χ4v) is 2.62. The van der Waals surface area contributed by atoms with E-state index in [4.69, 9.17) is 5.73 Å². The molecule has 1 aromatic carbocycles. The van der Waals surface area contributed by atoms with Crippen molar-refractivity contribution in [2.45, 2.75) is 12.3 Å². The maximum atomic E-state index is 11.2. The van der Waals surface area contributed by atoms with Crippen LogP contribution < -0.4 is 11.1 Å². The van der Waals surface area contributed by atoms with E-state index < -0.39 is 5.91 Å². The third-order valence-electron chi connectivity index (χ3n) is 3.80. The Bertz CT molecular complexity index is 616. The Kier molecular flexibility index (Phi) is 3.48. The van der Waals surface area contributed by atoms with Crippen molar-refractivity contribution in [1.29, 1.82) is 0 Å². The van der Waals surface area contributed by atoms with E-state index in [0.29, 0.717) is 11.5 Å². The van der Waals surface area contributed by atoms with Gasteiger partial charge in [-0.3, -0.25) is 9.78 Å². The van der Waals surface area contributed by atoms with Crippen LogP contribution in [-0.2, 0) is 0 Å². The number of carbonyl (C=O) groups excluding carboxylic acids is 1. The van der Waals surface area contributed by atoms with Gasteiger partial charge in [0.25, 0.3) is 0 Å². The van der Waals surface area contributed by atoms with E-state index in [1.165, 1.54) is 18.2 Å². The number of primary amides is 1. The van der Waals surface area contributed by atoms with Crippen LogP contribution in [0.15, 0.2) is 42.7 Å². The Morgan fingerprint density at radius 2 is 2.00 bits per heavy atom. The highest BCUT2D eigenvalue weighted by Crippen LogP contribution is 2.26. The van der Waals surface area contributed by atoms with E-state index in [-0.39, 0.29) is 0 Å². The highest BCUT2D eigenvalue weighted by molar-refractivity contribution is 5.93. The quantitative estimate of drug-likeness (QED) is 0.892. The van der Waals surface area contributed by atoms with Gasteiger partial charge < -0.3 is 11.1 Å². The molecule has 0 spiro atoms. The molecule has 1 saturated heterocycles. The van der Waals surface area contributed by atoms with Crippen molar-refractivity contribution >= 4 is 5.91 Å². The molecule has 1 amide bonds. The molecule has 1 aliphatic rings. The fraction of sp³-hybridized carbons (Fsp3) is 0.250. The van der Waals surface area contributed by atoms with Gasteiger partial charge in [0.15, 0.2) is 0 Å². The van der Waals surface area contributed by atoms with Gasteiger partial charge in [0, 0.05) is 24.5 Å². The van der Waals surface area contributed by atoms with Crippen molar-refractivity contribution in [3.8, 4) is 11.1 Å². The normalized spacial score (nSPS) is 18.1. The lowest BCUT2D eigenvalue weighted by Crippen LogP contribution is -2.11. The highest BCUT2D eigenvalue weighted by Gasteiger charge is 2.16. The van der Waals surface area contributed by atoms with Crippen molar-refractivity contribution in [3.05, 3.63) is 53.9 Å². The summed E-state index contributed by atoms with van der Waals surface area (Å²) >= 11 is 0. The van der Waals surface area contributed by atoms with Crippen LogP contribution >= 0.6 is 0 Å². The third-order valence-corrected chi connectivity index (χ3v) is 3.80. The van der Waals surface area contributed by atoms with E-state index in [0.717, 1.165) is 24.2 Å². The van der Waals surface area contributed by atoms with Crippen molar-refractivity contribution in [1.82, 2.24) is 10.3 Å². The molecule has 20 heavy (non-hydrogen) atoms. The number of nitrogens with two attached hydrogens (primary N) is 1. The molecule has 1 unspecified atom stereocenters. The summed E-state index contributed by atoms with van der Waals surface area (Å²) in [5, 5.41) is 3.38. The largest absolute Gasteiger partial charge is 0.366 e. The number of carbonyl (C=O) groups is 1. The summed E-state index contributed by atoms with van der Waals surface area (Å²) in [5.41, 5.74) is 9.04. The molecule has 2 heterocycles. The molecule has 4 heteroatoms. The minimum atomic E-state index is -0.451. The first-order valence-electron chi connectivity index (χ1n) is 6.80. The van der Waals surface area contributed by atoms with Gasteiger partial charge in [-0.05, 0) is 36.1 Å². The SMILES string of the molecule is NC(=O)c1cncc(-c2ccc(C3CCNC3)cc2)c1. The van der Waals surface area contributed by atoms with Crippen LogP contribution in [0.5, 0.6) is 0 Å². The minimum absolute atomic E-state index is 0.437. The first-order chi connectivity index (χ1) is 9.74. The molecule has 0 aliphatic carbocycles. The molecule has 1 aliphatic heterocycles. The van der Waals surface area contributed by atoms with Crippen molar-refractivity contribution in [2.75, 3.05) is 13.1 Å². The maximum Gasteiger partial charge on any atom is 0.250 e. The van der Waals surface area contributed by atoms with Crippen LogP contribution in [-0.4, -0.2) is 24.0 Å². The van der Waals surface area contributed by atoms with Crippen molar-refractivity contribution in [2.24, 2.45) is 5.73 Å². The van der Waals surface area contributed by atoms with Gasteiger partial charge in [0.05, 0.1) is 5.56 Å². The van der Waals surface area contributed by atoms with Gasteiger partial charge in [0.2, 0.25) is 5.91 Å². The Balaban J connectivity index is 1.87. The Labute approximate surface area is 118 Å². The molecule has 0 radical (unpaired) electrons. The lowest BCUT2D eigenvalue weighted by Gasteiger charge is -2.10. The molecular weight excluding hydrogens is 250 g/mol. The number of nitrogens with zero attached hydrogens (tertiary/aromatic N) is 1. The average molecular weight is 267 g/mol. The van der Waals surface area contributed by atoms with Crippen LogP contribution in [0.1, 0.15) is 28.3 Å². The molecule has 1 atom stereocenters. The first-order valence-corrected chi connectivity index (χ1v) is 6.80. The maximum absolute atomic E-state index is 11.2. The van der Waals surface area contributed by atoms with Crippen LogP contribution in [0.25, 0.3) is 11.1 Å². The fourth-order valence-electron chi connectivity index (χ4n) is 2.62. The zero-order valence-corrected chi connectivity index (χ0v) is 11.2. The van der Waals surface area contributed by atoms with Crippen LogP contribution in [0.4, 0.5) is 0 Å². The number of pyridine rings is 1. The Morgan fingerprint density at radius 1 is 1.20 bits per heavy atom. The average Bonchev–Trinajstić information content (AvgIpc) is 3.02. The van der Waals surface area contributed by atoms with Gasteiger partial charge in [-0.15, -0.1) is 0 Å². The number of benzene rings is 1. The summed E-state index contributed by atoms with van der Waals surface area (Å²) in [5.74, 6) is 0.159. The predicted molar refractivity (Wildman–Crippen MR) is 78.4 cm³/mol. The van der Waals surface area contributed by atoms with Crippen molar-refractivity contribution < 1.29 is 4.79 Å². The summed E-state index contributed by atoms with van der Waals surface area (Å²) in [6.45, 7) is 2.15. The topological polar surface area (TPSA) is 68.0 Å². The van der Waals surface area contributed by atoms with Crippen LogP contribution in [0, 0.1) is 0 Å². The molecule has 3 N–H and O–H groups in total. The van der Waals surface area contributed by atoms with E-state index in [9.17, 15) is 4.79 Å². The molecule has 3 rings (SSSR count). The van der Waals surface area contributed by atoms with Gasteiger partial charge in [-0.2, -0.15) is 0 Å². The van der Waals surface area contributed by atoms with E-state index in [1.807, 2.05) is 0 Å². The number of hydrogen-bond acceptors (Lipinski definition) is 3. The van der Waals surface area contributed by atoms with Crippen LogP contribution in [0.2, 0.25) is 0 Å². The number of nitrogens with one attached hydrogen (secondary N) is 1. The summed E-state index contributed by atoms with van der Waals surface area (Å²) in [7, 11) is 0. The molecule has 1 fully saturated rings. The molecule has 1 aromatic heterocycles. The summed E-state index contributed by atoms with van der Waals surface area (Å²) < 4.78 is 0.